The first kappa shape index (κ1) is 15.0. The van der Waals surface area contributed by atoms with Gasteiger partial charge in [-0.05, 0) is 12.1 Å². The highest BCUT2D eigenvalue weighted by Crippen LogP contribution is 2.30. The molecule has 0 bridgehead atoms. The third-order valence-electron chi connectivity index (χ3n) is 3.59. The number of nitrogens with one attached hydrogen (secondary N) is 1. The minimum absolute atomic E-state index is 0.0317. The summed E-state index contributed by atoms with van der Waals surface area (Å²) in [5, 5.41) is 14.5. The molecule has 0 amide bonds. The second kappa shape index (κ2) is 6.39. The number of anilines is 1. The van der Waals surface area contributed by atoms with Gasteiger partial charge in [-0.2, -0.15) is 0 Å². The highest BCUT2D eigenvalue weighted by atomic mass is 35.5. The number of methoxy groups -OCH3 is 1. The van der Waals surface area contributed by atoms with E-state index in [2.05, 4.69) is 5.32 Å². The lowest BCUT2D eigenvalue weighted by atomic mass is 9.94. The highest BCUT2D eigenvalue weighted by Gasteiger charge is 2.32. The summed E-state index contributed by atoms with van der Waals surface area (Å²) in [5.41, 5.74) is 0.0734. The fraction of sp³-hybridized carbons (Fsp3) is 0.538. The number of rotatable bonds is 5. The van der Waals surface area contributed by atoms with Crippen molar-refractivity contribution in [2.45, 2.75) is 18.4 Å². The van der Waals surface area contributed by atoms with Crippen molar-refractivity contribution >= 4 is 23.0 Å². The highest BCUT2D eigenvalue weighted by molar-refractivity contribution is 6.30. The van der Waals surface area contributed by atoms with Crippen LogP contribution in [0.3, 0.4) is 0 Å². The second-order valence-electron chi connectivity index (χ2n) is 4.77. The predicted molar refractivity (Wildman–Crippen MR) is 76.4 cm³/mol. The lowest BCUT2D eigenvalue weighted by Gasteiger charge is -2.36. The van der Waals surface area contributed by atoms with Crippen LogP contribution in [0.15, 0.2) is 18.2 Å². The van der Waals surface area contributed by atoms with E-state index in [1.54, 1.807) is 19.2 Å². The van der Waals surface area contributed by atoms with Gasteiger partial charge in [0.1, 0.15) is 5.69 Å². The zero-order valence-corrected chi connectivity index (χ0v) is 12.0. The maximum atomic E-state index is 11.0. The van der Waals surface area contributed by atoms with Crippen molar-refractivity contribution in [2.75, 3.05) is 32.2 Å². The lowest BCUT2D eigenvalue weighted by molar-refractivity contribution is -0.384. The molecule has 1 aromatic carbocycles. The van der Waals surface area contributed by atoms with E-state index in [1.807, 2.05) is 0 Å². The first-order chi connectivity index (χ1) is 9.56. The first-order valence-electron chi connectivity index (χ1n) is 6.37. The number of nitrogens with zero attached hydrogens (tertiary/aromatic N) is 1. The van der Waals surface area contributed by atoms with E-state index >= 15 is 0 Å². The van der Waals surface area contributed by atoms with Crippen LogP contribution in [0, 0.1) is 10.1 Å². The van der Waals surface area contributed by atoms with Crippen LogP contribution in [0.4, 0.5) is 11.4 Å². The summed E-state index contributed by atoms with van der Waals surface area (Å²) in [6.45, 7) is 1.77. The summed E-state index contributed by atoms with van der Waals surface area (Å²) >= 11 is 5.79. The van der Waals surface area contributed by atoms with E-state index in [0.717, 1.165) is 12.8 Å². The molecule has 1 N–H and O–H groups in total. The zero-order valence-electron chi connectivity index (χ0n) is 11.2. The van der Waals surface area contributed by atoms with Crippen LogP contribution in [-0.4, -0.2) is 37.4 Å². The van der Waals surface area contributed by atoms with Crippen LogP contribution >= 0.6 is 11.6 Å². The zero-order chi connectivity index (χ0) is 14.6. The van der Waals surface area contributed by atoms with Gasteiger partial charge in [-0.15, -0.1) is 0 Å². The average Bonchev–Trinajstić information content (AvgIpc) is 2.47. The van der Waals surface area contributed by atoms with Gasteiger partial charge < -0.3 is 14.8 Å². The Hall–Kier alpha value is -1.37. The molecule has 0 unspecified atom stereocenters. The smallest absolute Gasteiger partial charge is 0.293 e. The Morgan fingerprint density at radius 3 is 2.80 bits per heavy atom. The van der Waals surface area contributed by atoms with Crippen molar-refractivity contribution in [2.24, 2.45) is 0 Å². The fourth-order valence-corrected chi connectivity index (χ4v) is 2.42. The Balaban J connectivity index is 2.11. The Morgan fingerprint density at radius 1 is 1.50 bits per heavy atom. The standard InChI is InChI=1S/C13H17ClN2O4/c1-19-13(4-6-20-7-5-13)9-15-11-3-2-10(14)8-12(11)16(17)18/h2-3,8,15H,4-7,9H2,1H3. The monoisotopic (exact) mass is 300 g/mol. The third-order valence-corrected chi connectivity index (χ3v) is 3.83. The number of ether oxygens (including phenoxy) is 2. The lowest BCUT2D eigenvalue weighted by Crippen LogP contribution is -2.44. The van der Waals surface area contributed by atoms with Gasteiger partial charge >= 0.3 is 0 Å². The van der Waals surface area contributed by atoms with Crippen molar-refractivity contribution in [3.05, 3.63) is 33.3 Å². The Kier molecular flexibility index (Phi) is 4.80. The maximum Gasteiger partial charge on any atom is 0.293 e. The van der Waals surface area contributed by atoms with Gasteiger partial charge in [0.2, 0.25) is 0 Å². The van der Waals surface area contributed by atoms with Gasteiger partial charge in [0.25, 0.3) is 5.69 Å². The topological polar surface area (TPSA) is 73.6 Å². The maximum absolute atomic E-state index is 11.0. The van der Waals surface area contributed by atoms with Gasteiger partial charge in [-0.3, -0.25) is 10.1 Å². The Labute approximate surface area is 122 Å². The van der Waals surface area contributed by atoms with Gasteiger partial charge in [-0.1, -0.05) is 11.6 Å². The normalized spacial score (nSPS) is 17.7. The summed E-state index contributed by atoms with van der Waals surface area (Å²) in [5.74, 6) is 0. The molecule has 1 aliphatic heterocycles. The van der Waals surface area contributed by atoms with Gasteiger partial charge in [-0.25, -0.2) is 0 Å². The number of nitro groups is 1. The molecular weight excluding hydrogens is 284 g/mol. The van der Waals surface area contributed by atoms with Crippen molar-refractivity contribution in [1.82, 2.24) is 0 Å². The van der Waals surface area contributed by atoms with E-state index in [9.17, 15) is 10.1 Å². The van der Waals surface area contributed by atoms with Crippen LogP contribution < -0.4 is 5.32 Å². The summed E-state index contributed by atoms with van der Waals surface area (Å²) in [7, 11) is 1.66. The molecular formula is C13H17ClN2O4. The van der Waals surface area contributed by atoms with Crippen LogP contribution in [-0.2, 0) is 9.47 Å². The van der Waals surface area contributed by atoms with Crippen LogP contribution in [0.2, 0.25) is 5.02 Å². The molecule has 1 fully saturated rings. The molecule has 0 aromatic heterocycles. The van der Waals surface area contributed by atoms with Gasteiger partial charge in [0.15, 0.2) is 0 Å². The molecule has 0 atom stereocenters. The molecule has 6 nitrogen and oxygen atoms in total. The fourth-order valence-electron chi connectivity index (χ4n) is 2.26. The van der Waals surface area contributed by atoms with Gasteiger partial charge in [0.05, 0.1) is 10.5 Å². The Morgan fingerprint density at radius 2 is 2.20 bits per heavy atom. The SMILES string of the molecule is COC1(CNc2ccc(Cl)cc2[N+](=O)[O-])CCOCC1. The molecule has 110 valence electrons. The van der Waals surface area contributed by atoms with E-state index in [0.29, 0.717) is 30.5 Å². The summed E-state index contributed by atoms with van der Waals surface area (Å²) < 4.78 is 10.9. The molecule has 0 radical (unpaired) electrons. The molecule has 2 rings (SSSR count). The minimum Gasteiger partial charge on any atom is -0.381 e. The van der Waals surface area contributed by atoms with E-state index in [-0.39, 0.29) is 11.3 Å². The summed E-state index contributed by atoms with van der Waals surface area (Å²) in [6, 6.07) is 4.58. The number of hydrogen-bond acceptors (Lipinski definition) is 5. The third kappa shape index (κ3) is 3.39. The molecule has 1 aromatic rings. The van der Waals surface area contributed by atoms with Gasteiger partial charge in [0, 0.05) is 50.8 Å². The quantitative estimate of drug-likeness (QED) is 0.668. The van der Waals surface area contributed by atoms with Crippen molar-refractivity contribution < 1.29 is 14.4 Å². The summed E-state index contributed by atoms with van der Waals surface area (Å²) in [6.07, 6.45) is 1.52. The molecule has 7 heteroatoms. The van der Waals surface area contributed by atoms with Crippen LogP contribution in [0.5, 0.6) is 0 Å². The molecule has 20 heavy (non-hydrogen) atoms. The van der Waals surface area contributed by atoms with E-state index in [1.165, 1.54) is 6.07 Å². The van der Waals surface area contributed by atoms with E-state index in [4.69, 9.17) is 21.1 Å². The molecule has 0 aliphatic carbocycles. The van der Waals surface area contributed by atoms with Crippen LogP contribution in [0.1, 0.15) is 12.8 Å². The molecule has 1 saturated heterocycles. The van der Waals surface area contributed by atoms with E-state index < -0.39 is 4.92 Å². The molecule has 0 saturated carbocycles. The van der Waals surface area contributed by atoms with Crippen molar-refractivity contribution in [1.29, 1.82) is 0 Å². The molecule has 1 heterocycles. The first-order valence-corrected chi connectivity index (χ1v) is 6.75. The predicted octanol–water partition coefficient (Wildman–Crippen LogP) is 2.86. The Bertz CT molecular complexity index is 489. The van der Waals surface area contributed by atoms with Crippen molar-refractivity contribution in [3.8, 4) is 0 Å². The van der Waals surface area contributed by atoms with Crippen LogP contribution in [0.25, 0.3) is 0 Å². The number of halogens is 1. The number of hydrogen-bond donors (Lipinski definition) is 1. The van der Waals surface area contributed by atoms with Crippen molar-refractivity contribution in [3.63, 3.8) is 0 Å². The number of nitro benzene ring substituents is 1. The second-order valence-corrected chi connectivity index (χ2v) is 5.21. The number of benzene rings is 1. The minimum atomic E-state index is -0.447. The average molecular weight is 301 g/mol. The molecule has 1 aliphatic rings. The summed E-state index contributed by atoms with van der Waals surface area (Å²) in [4.78, 5) is 10.6. The largest absolute Gasteiger partial charge is 0.381 e. The molecule has 0 spiro atoms.